The van der Waals surface area contributed by atoms with Gasteiger partial charge in [-0.15, -0.1) is 0 Å². The molecule has 2 aromatic rings. The fraction of sp³-hybridized carbons (Fsp3) is 0.440. The molecule has 0 spiro atoms. The molecule has 0 unspecified atom stereocenters. The van der Waals surface area contributed by atoms with Gasteiger partial charge < -0.3 is 19.9 Å². The lowest BCUT2D eigenvalue weighted by atomic mass is 10.0. The van der Waals surface area contributed by atoms with Gasteiger partial charge in [0.2, 0.25) is 0 Å². The Balaban J connectivity index is 1.67. The second kappa shape index (κ2) is 10.6. The predicted octanol–water partition coefficient (Wildman–Crippen LogP) is 4.91. The Morgan fingerprint density at radius 2 is 1.74 bits per heavy atom. The zero-order valence-corrected chi connectivity index (χ0v) is 18.7. The highest BCUT2D eigenvalue weighted by molar-refractivity contribution is 5.27. The average Bonchev–Trinajstić information content (AvgIpc) is 2.74. The Morgan fingerprint density at radius 3 is 2.35 bits per heavy atom. The molecule has 0 atom stereocenters. The van der Waals surface area contributed by atoms with E-state index in [0.717, 1.165) is 48.6 Å². The molecule has 0 aromatic heterocycles. The third-order valence-corrected chi connectivity index (χ3v) is 5.60. The molecule has 0 radical (unpaired) electrons. The largest absolute Gasteiger partial charge is 0.491 e. The van der Waals surface area contributed by atoms with Gasteiger partial charge in [-0.25, -0.2) is 8.78 Å². The number of nitrogens with zero attached hydrogens (tertiary/aromatic N) is 2. The first kappa shape index (κ1) is 23.1. The number of ether oxygens (including phenoxy) is 1. The summed E-state index contributed by atoms with van der Waals surface area (Å²) >= 11 is 0. The molecule has 0 amide bonds. The van der Waals surface area contributed by atoms with Crippen LogP contribution in [0.4, 0.5) is 8.78 Å². The fourth-order valence-corrected chi connectivity index (χ4v) is 3.85. The summed E-state index contributed by atoms with van der Waals surface area (Å²) in [7, 11) is 2.12. The minimum absolute atomic E-state index is 0.142. The summed E-state index contributed by atoms with van der Waals surface area (Å²) in [5, 5.41) is 3.42. The van der Waals surface area contributed by atoms with Crippen molar-refractivity contribution in [3.63, 3.8) is 0 Å². The zero-order valence-electron chi connectivity index (χ0n) is 18.7. The SMILES string of the molecule is C=C(NCc1ccc(OC(C)C)cc1)N(Cc1ccc(F)c(F)c1)C1CCN(C)CC1. The topological polar surface area (TPSA) is 27.7 Å². The first-order chi connectivity index (χ1) is 14.8. The van der Waals surface area contributed by atoms with Crippen LogP contribution in [0, 0.1) is 11.6 Å². The highest BCUT2D eigenvalue weighted by atomic mass is 19.2. The summed E-state index contributed by atoms with van der Waals surface area (Å²) in [6, 6.07) is 12.4. The molecule has 0 saturated carbocycles. The number of halogens is 2. The molecule has 0 bridgehead atoms. The van der Waals surface area contributed by atoms with Crippen molar-refractivity contribution in [2.75, 3.05) is 20.1 Å². The molecule has 4 nitrogen and oxygen atoms in total. The molecular formula is C25H33F2N3O. The lowest BCUT2D eigenvalue weighted by molar-refractivity contribution is 0.138. The summed E-state index contributed by atoms with van der Waals surface area (Å²) in [6.45, 7) is 11.4. The van der Waals surface area contributed by atoms with Crippen LogP contribution in [0.3, 0.4) is 0 Å². The molecule has 1 N–H and O–H groups in total. The van der Waals surface area contributed by atoms with Crippen molar-refractivity contribution in [2.45, 2.75) is 51.9 Å². The molecule has 1 heterocycles. The smallest absolute Gasteiger partial charge is 0.159 e. The zero-order chi connectivity index (χ0) is 22.4. The van der Waals surface area contributed by atoms with E-state index in [-0.39, 0.29) is 6.10 Å². The van der Waals surface area contributed by atoms with E-state index < -0.39 is 11.6 Å². The quantitative estimate of drug-likeness (QED) is 0.613. The van der Waals surface area contributed by atoms with E-state index in [1.807, 2.05) is 38.1 Å². The molecule has 0 aliphatic carbocycles. The van der Waals surface area contributed by atoms with Crippen LogP contribution in [-0.4, -0.2) is 42.1 Å². The van der Waals surface area contributed by atoms with Crippen molar-refractivity contribution in [1.29, 1.82) is 0 Å². The Hall–Kier alpha value is -2.60. The minimum Gasteiger partial charge on any atom is -0.491 e. The summed E-state index contributed by atoms with van der Waals surface area (Å²) in [5.41, 5.74) is 1.85. The summed E-state index contributed by atoms with van der Waals surface area (Å²) in [6.07, 6.45) is 2.15. The maximum atomic E-state index is 13.8. The van der Waals surface area contributed by atoms with Gasteiger partial charge >= 0.3 is 0 Å². The Morgan fingerprint density at radius 1 is 1.10 bits per heavy atom. The number of hydrogen-bond donors (Lipinski definition) is 1. The number of rotatable bonds is 9. The predicted molar refractivity (Wildman–Crippen MR) is 121 cm³/mol. The first-order valence-corrected chi connectivity index (χ1v) is 10.9. The van der Waals surface area contributed by atoms with Crippen molar-refractivity contribution >= 4 is 0 Å². The van der Waals surface area contributed by atoms with Crippen molar-refractivity contribution in [3.8, 4) is 5.75 Å². The normalized spacial score (nSPS) is 15.2. The summed E-state index contributed by atoms with van der Waals surface area (Å²) in [4.78, 5) is 4.50. The van der Waals surface area contributed by atoms with Gasteiger partial charge in [0.05, 0.1) is 11.9 Å². The molecule has 31 heavy (non-hydrogen) atoms. The molecular weight excluding hydrogens is 396 g/mol. The third-order valence-electron chi connectivity index (χ3n) is 5.60. The highest BCUT2D eigenvalue weighted by Crippen LogP contribution is 2.22. The maximum absolute atomic E-state index is 13.8. The van der Waals surface area contributed by atoms with E-state index in [0.29, 0.717) is 19.1 Å². The van der Waals surface area contributed by atoms with Gasteiger partial charge in [0.25, 0.3) is 0 Å². The number of benzene rings is 2. The van der Waals surface area contributed by atoms with Gasteiger partial charge in [0.1, 0.15) is 5.75 Å². The summed E-state index contributed by atoms with van der Waals surface area (Å²) < 4.78 is 32.8. The van der Waals surface area contributed by atoms with Crippen LogP contribution in [0.5, 0.6) is 5.75 Å². The Bertz CT molecular complexity index is 862. The number of piperidine rings is 1. The monoisotopic (exact) mass is 429 g/mol. The van der Waals surface area contributed by atoms with Crippen molar-refractivity contribution in [1.82, 2.24) is 15.1 Å². The standard InChI is InChI=1S/C25H33F2N3O/c1-18(2)31-23-8-5-20(6-9-23)16-28-19(3)30(22-11-13-29(4)14-12-22)17-21-7-10-24(26)25(27)15-21/h5-10,15,18,22,28H,3,11-14,16-17H2,1-2,4H3. The molecule has 1 saturated heterocycles. The van der Waals surface area contributed by atoms with Gasteiger partial charge in [0.15, 0.2) is 11.6 Å². The Labute approximate surface area is 184 Å². The van der Waals surface area contributed by atoms with Gasteiger partial charge in [-0.1, -0.05) is 24.8 Å². The number of hydrogen-bond acceptors (Lipinski definition) is 4. The molecule has 2 aromatic carbocycles. The molecule has 168 valence electrons. The van der Waals surface area contributed by atoms with Gasteiger partial charge in [-0.05, 0) is 82.2 Å². The van der Waals surface area contributed by atoms with Crippen LogP contribution < -0.4 is 10.1 Å². The van der Waals surface area contributed by atoms with Crippen LogP contribution in [0.1, 0.15) is 37.8 Å². The molecule has 6 heteroatoms. The van der Waals surface area contributed by atoms with Crippen LogP contribution >= 0.6 is 0 Å². The van der Waals surface area contributed by atoms with Crippen molar-refractivity contribution in [3.05, 3.63) is 77.6 Å². The lowest BCUT2D eigenvalue weighted by Gasteiger charge is -2.40. The van der Waals surface area contributed by atoms with Crippen molar-refractivity contribution in [2.24, 2.45) is 0 Å². The van der Waals surface area contributed by atoms with E-state index >= 15 is 0 Å². The van der Waals surface area contributed by atoms with Crippen LogP contribution in [0.2, 0.25) is 0 Å². The van der Waals surface area contributed by atoms with Gasteiger partial charge in [-0.2, -0.15) is 0 Å². The average molecular weight is 430 g/mol. The van der Waals surface area contributed by atoms with E-state index in [1.165, 1.54) is 12.1 Å². The van der Waals surface area contributed by atoms with E-state index in [1.54, 1.807) is 6.07 Å². The lowest BCUT2D eigenvalue weighted by Crippen LogP contribution is -2.45. The van der Waals surface area contributed by atoms with E-state index in [4.69, 9.17) is 4.74 Å². The second-order valence-corrected chi connectivity index (χ2v) is 8.52. The highest BCUT2D eigenvalue weighted by Gasteiger charge is 2.24. The third kappa shape index (κ3) is 6.69. The van der Waals surface area contributed by atoms with Crippen LogP contribution in [0.25, 0.3) is 0 Å². The van der Waals surface area contributed by atoms with Crippen LogP contribution in [-0.2, 0) is 13.1 Å². The molecule has 1 fully saturated rings. The maximum Gasteiger partial charge on any atom is 0.159 e. The molecule has 1 aliphatic rings. The van der Waals surface area contributed by atoms with Gasteiger partial charge in [0, 0.05) is 19.1 Å². The first-order valence-electron chi connectivity index (χ1n) is 10.9. The minimum atomic E-state index is -0.823. The molecule has 1 aliphatic heterocycles. The van der Waals surface area contributed by atoms with Crippen molar-refractivity contribution < 1.29 is 13.5 Å². The summed E-state index contributed by atoms with van der Waals surface area (Å²) in [5.74, 6) is 0.00481. The Kier molecular flexibility index (Phi) is 7.91. The fourth-order valence-electron chi connectivity index (χ4n) is 3.85. The number of nitrogens with one attached hydrogen (secondary N) is 1. The van der Waals surface area contributed by atoms with Gasteiger partial charge in [-0.3, -0.25) is 0 Å². The van der Waals surface area contributed by atoms with E-state index in [9.17, 15) is 8.78 Å². The molecule has 3 rings (SSSR count). The second-order valence-electron chi connectivity index (χ2n) is 8.52. The van der Waals surface area contributed by atoms with E-state index in [2.05, 4.69) is 28.7 Å². The number of likely N-dealkylation sites (tertiary alicyclic amines) is 1. The van der Waals surface area contributed by atoms with Crippen LogP contribution in [0.15, 0.2) is 54.9 Å².